The number of likely N-dealkylation sites (tertiary alicyclic amines) is 1. The summed E-state index contributed by atoms with van der Waals surface area (Å²) in [5.74, 6) is -2.19. The molecule has 0 aliphatic carbocycles. The van der Waals surface area contributed by atoms with Crippen molar-refractivity contribution in [2.24, 2.45) is 0 Å². The molecule has 0 aromatic heterocycles. The van der Waals surface area contributed by atoms with Crippen molar-refractivity contribution < 1.29 is 26.6 Å². The Bertz CT molecular complexity index is 485. The van der Waals surface area contributed by atoms with Crippen LogP contribution in [0, 0.1) is 0 Å². The molecule has 1 aliphatic rings. The smallest absolute Gasteiger partial charge is 0.418 e. The Labute approximate surface area is 108 Å². The third-order valence-electron chi connectivity index (χ3n) is 2.00. The topological polar surface area (TPSA) is 72.9 Å². The highest BCUT2D eigenvalue weighted by molar-refractivity contribution is 6.08. The standard InChI is InChI=1S/C12H17NO5/c1-7-6-8(10(15)17-5)13(9(7)14)11(16)18-12(2,3)4/h8H,1,6H2,2-5H3/t8-/m0/s1/i6D,8D/t6-,8+/m1. The van der Waals surface area contributed by atoms with Crippen molar-refractivity contribution in [3.63, 3.8) is 0 Å². The number of imide groups is 1. The molecule has 0 bridgehead atoms. The van der Waals surface area contributed by atoms with Gasteiger partial charge in [-0.25, -0.2) is 14.5 Å². The summed E-state index contributed by atoms with van der Waals surface area (Å²) in [5, 5.41) is 0. The molecule has 1 fully saturated rings. The number of hydrogen-bond donors (Lipinski definition) is 0. The van der Waals surface area contributed by atoms with Gasteiger partial charge in [-0.3, -0.25) is 4.79 Å². The maximum Gasteiger partial charge on any atom is 0.418 e. The molecule has 2 amide bonds. The fourth-order valence-corrected chi connectivity index (χ4v) is 1.29. The van der Waals surface area contributed by atoms with Crippen LogP contribution in [-0.2, 0) is 19.1 Å². The first-order valence-electron chi connectivity index (χ1n) is 6.31. The molecule has 0 radical (unpaired) electrons. The van der Waals surface area contributed by atoms with Crippen molar-refractivity contribution in [3.05, 3.63) is 12.2 Å². The number of ether oxygens (including phenoxy) is 2. The molecule has 1 aliphatic heterocycles. The van der Waals surface area contributed by atoms with Crippen molar-refractivity contribution in [2.75, 3.05) is 7.11 Å². The molecule has 1 saturated heterocycles. The van der Waals surface area contributed by atoms with Gasteiger partial charge in [0.15, 0.2) is 0 Å². The average Bonchev–Trinajstić information content (AvgIpc) is 2.49. The van der Waals surface area contributed by atoms with Gasteiger partial charge in [-0.2, -0.15) is 0 Å². The number of esters is 1. The zero-order chi connectivity index (χ0) is 15.9. The molecule has 2 atom stereocenters. The zero-order valence-electron chi connectivity index (χ0n) is 12.8. The summed E-state index contributed by atoms with van der Waals surface area (Å²) in [6.07, 6.45) is -2.81. The molecule has 6 nitrogen and oxygen atoms in total. The Morgan fingerprint density at radius 3 is 2.56 bits per heavy atom. The van der Waals surface area contributed by atoms with Crippen LogP contribution in [0.2, 0.25) is 0 Å². The van der Waals surface area contributed by atoms with Crippen molar-refractivity contribution in [2.45, 2.75) is 38.8 Å². The molecule has 100 valence electrons. The summed E-state index contributed by atoms with van der Waals surface area (Å²) in [7, 11) is 1.00. The fourth-order valence-electron chi connectivity index (χ4n) is 1.29. The number of methoxy groups -OCH3 is 1. The molecule has 0 aromatic rings. The van der Waals surface area contributed by atoms with Gasteiger partial charge in [-0.15, -0.1) is 0 Å². The summed E-state index contributed by atoms with van der Waals surface area (Å²) in [4.78, 5) is 36.0. The number of rotatable bonds is 1. The number of amides is 2. The van der Waals surface area contributed by atoms with E-state index in [4.69, 9.17) is 7.48 Å². The summed E-state index contributed by atoms with van der Waals surface area (Å²) >= 11 is 0. The first kappa shape index (κ1) is 11.3. The van der Waals surface area contributed by atoms with Crippen molar-refractivity contribution in [1.82, 2.24) is 4.90 Å². The highest BCUT2D eigenvalue weighted by Gasteiger charge is 2.45. The minimum absolute atomic E-state index is 0.282. The summed E-state index contributed by atoms with van der Waals surface area (Å²) in [6, 6.07) is -2.52. The Morgan fingerprint density at radius 2 is 2.11 bits per heavy atom. The third-order valence-corrected chi connectivity index (χ3v) is 2.00. The Hall–Kier alpha value is -1.85. The fraction of sp³-hybridized carbons (Fsp3) is 0.583. The minimum atomic E-state index is -2.52. The van der Waals surface area contributed by atoms with E-state index in [1.807, 2.05) is 0 Å². The average molecular weight is 257 g/mol. The second-order valence-electron chi connectivity index (χ2n) is 4.67. The lowest BCUT2D eigenvalue weighted by atomic mass is 10.2. The SMILES string of the molecule is [2H][C@@H]1C(=C)C(=O)N(C(=O)OC(C)(C)C)[C@]1([2H])C(=O)OC. The number of carbonyl (C=O) groups excluding carboxylic acids is 3. The van der Waals surface area contributed by atoms with Crippen LogP contribution in [0.25, 0.3) is 0 Å². The van der Waals surface area contributed by atoms with Crippen LogP contribution in [0.4, 0.5) is 4.79 Å². The van der Waals surface area contributed by atoms with E-state index >= 15 is 0 Å². The van der Waals surface area contributed by atoms with Gasteiger partial charge in [-0.05, 0) is 20.8 Å². The predicted octanol–water partition coefficient (Wildman–Crippen LogP) is 1.25. The minimum Gasteiger partial charge on any atom is -0.467 e. The Morgan fingerprint density at radius 1 is 1.56 bits per heavy atom. The van der Waals surface area contributed by atoms with E-state index in [0.717, 1.165) is 7.11 Å². The number of hydrogen-bond acceptors (Lipinski definition) is 5. The first-order chi connectivity index (χ1) is 8.96. The van der Waals surface area contributed by atoms with E-state index in [0.29, 0.717) is 0 Å². The number of carbonyl (C=O) groups is 3. The van der Waals surface area contributed by atoms with Crippen molar-refractivity contribution in [1.29, 1.82) is 0 Å². The van der Waals surface area contributed by atoms with Gasteiger partial charge in [-0.1, -0.05) is 6.58 Å². The summed E-state index contributed by atoms with van der Waals surface area (Å²) in [6.45, 7) is 8.06. The quantitative estimate of drug-likeness (QED) is 0.522. The van der Waals surface area contributed by atoms with Gasteiger partial charge in [0, 0.05) is 13.3 Å². The van der Waals surface area contributed by atoms with E-state index in [9.17, 15) is 14.4 Å². The Balaban J connectivity index is 3.26. The van der Waals surface area contributed by atoms with Crippen LogP contribution in [-0.4, -0.2) is 41.6 Å². The maximum absolute atomic E-state index is 12.0. The Kier molecular flexibility index (Phi) is 3.00. The van der Waals surface area contributed by atoms with E-state index in [1.165, 1.54) is 0 Å². The second-order valence-corrected chi connectivity index (χ2v) is 4.67. The van der Waals surface area contributed by atoms with Crippen LogP contribution in [0.1, 0.15) is 29.9 Å². The normalized spacial score (nSPS) is 29.8. The monoisotopic (exact) mass is 257 g/mol. The summed E-state index contributed by atoms with van der Waals surface area (Å²) in [5.41, 5.74) is -1.26. The largest absolute Gasteiger partial charge is 0.467 e. The summed E-state index contributed by atoms with van der Waals surface area (Å²) < 4.78 is 25.2. The lowest BCUT2D eigenvalue weighted by Crippen LogP contribution is -2.45. The van der Waals surface area contributed by atoms with Crippen molar-refractivity contribution in [3.8, 4) is 0 Å². The molecule has 0 unspecified atom stereocenters. The molecular weight excluding hydrogens is 238 g/mol. The van der Waals surface area contributed by atoms with Gasteiger partial charge in [0.05, 0.1) is 8.48 Å². The predicted molar refractivity (Wildman–Crippen MR) is 62.6 cm³/mol. The first-order valence-corrected chi connectivity index (χ1v) is 5.23. The molecule has 1 rings (SSSR count). The highest BCUT2D eigenvalue weighted by atomic mass is 16.6. The molecule has 0 N–H and O–H groups in total. The second kappa shape index (κ2) is 4.80. The van der Waals surface area contributed by atoms with Crippen LogP contribution < -0.4 is 0 Å². The molecule has 6 heteroatoms. The van der Waals surface area contributed by atoms with Crippen LogP contribution in [0.15, 0.2) is 12.2 Å². The van der Waals surface area contributed by atoms with E-state index in [-0.39, 0.29) is 10.5 Å². The lowest BCUT2D eigenvalue weighted by Gasteiger charge is -2.25. The van der Waals surface area contributed by atoms with Gasteiger partial charge in [0.1, 0.15) is 11.6 Å². The van der Waals surface area contributed by atoms with Crippen LogP contribution in [0.3, 0.4) is 0 Å². The molecule has 0 spiro atoms. The molecular formula is C12H17NO5. The van der Waals surface area contributed by atoms with Gasteiger partial charge >= 0.3 is 12.1 Å². The number of nitrogens with zero attached hydrogens (tertiary/aromatic N) is 1. The van der Waals surface area contributed by atoms with Gasteiger partial charge < -0.3 is 9.47 Å². The zero-order valence-corrected chi connectivity index (χ0v) is 10.8. The molecule has 0 saturated carbocycles. The van der Waals surface area contributed by atoms with Crippen LogP contribution in [0.5, 0.6) is 0 Å². The van der Waals surface area contributed by atoms with E-state index < -0.39 is 36.0 Å². The van der Waals surface area contributed by atoms with Crippen molar-refractivity contribution >= 4 is 18.0 Å². The third kappa shape index (κ3) is 2.88. The van der Waals surface area contributed by atoms with Crippen LogP contribution >= 0.6 is 0 Å². The molecule has 0 aromatic carbocycles. The van der Waals surface area contributed by atoms with Gasteiger partial charge in [0.25, 0.3) is 5.91 Å². The van der Waals surface area contributed by atoms with E-state index in [2.05, 4.69) is 11.3 Å². The lowest BCUT2D eigenvalue weighted by molar-refractivity contribution is -0.148. The molecule has 18 heavy (non-hydrogen) atoms. The van der Waals surface area contributed by atoms with E-state index in [1.54, 1.807) is 20.8 Å². The highest BCUT2D eigenvalue weighted by Crippen LogP contribution is 2.25. The van der Waals surface area contributed by atoms with Gasteiger partial charge in [0.2, 0.25) is 0 Å². The maximum atomic E-state index is 12.0. The molecule has 1 heterocycles.